The van der Waals surface area contributed by atoms with Crippen LogP contribution in [0.2, 0.25) is 0 Å². The van der Waals surface area contributed by atoms with E-state index in [1.165, 1.54) is 30.9 Å². The van der Waals surface area contributed by atoms with E-state index in [2.05, 4.69) is 187 Å². The van der Waals surface area contributed by atoms with Crippen molar-refractivity contribution in [2.24, 2.45) is 0 Å². The smallest absolute Gasteiger partial charge is 0.164 e. The summed E-state index contributed by atoms with van der Waals surface area (Å²) in [6, 6.07) is 77.6. The molecule has 0 spiro atoms. The minimum Gasteiger partial charge on any atom is -0.309 e. The third-order valence-corrected chi connectivity index (χ3v) is 12.9. The molecule has 0 radical (unpaired) electrons. The summed E-state index contributed by atoms with van der Waals surface area (Å²) in [7, 11) is 0. The summed E-state index contributed by atoms with van der Waals surface area (Å²) in [5, 5.41) is 5.07. The maximum absolute atomic E-state index is 5.25. The molecule has 0 aliphatic carbocycles. The molecule has 3 heterocycles. The molecule has 0 aliphatic rings. The average molecular weight is 809 g/mol. The van der Waals surface area contributed by atoms with Crippen LogP contribution in [0.15, 0.2) is 218 Å². The Labute approximate surface area is 362 Å². The zero-order valence-electron chi connectivity index (χ0n) is 33.5. The maximum Gasteiger partial charge on any atom is 0.164 e. The molecule has 0 fully saturated rings. The number of hydrogen-bond donors (Lipinski definition) is 0. The van der Waals surface area contributed by atoms with Crippen LogP contribution in [0.25, 0.3) is 115 Å². The number of para-hydroxylation sites is 1. The Kier molecular flexibility index (Phi) is 8.65. The van der Waals surface area contributed by atoms with Crippen LogP contribution in [0, 0.1) is 0 Å². The van der Waals surface area contributed by atoms with E-state index in [4.69, 9.17) is 15.0 Å². The monoisotopic (exact) mass is 808 g/mol. The number of aromatic nitrogens is 4. The highest BCUT2D eigenvalue weighted by Gasteiger charge is 2.21. The summed E-state index contributed by atoms with van der Waals surface area (Å²) >= 11 is 1.86. The van der Waals surface area contributed by atoms with E-state index in [0.717, 1.165) is 66.8 Å². The Morgan fingerprint density at radius 3 is 1.32 bits per heavy atom. The van der Waals surface area contributed by atoms with Crippen LogP contribution < -0.4 is 0 Å². The second kappa shape index (κ2) is 14.9. The number of benzene rings is 9. The molecule has 0 saturated carbocycles. The van der Waals surface area contributed by atoms with Crippen molar-refractivity contribution in [1.82, 2.24) is 19.5 Å². The highest BCUT2D eigenvalue weighted by atomic mass is 32.1. The molecule has 9 aromatic carbocycles. The molecule has 0 unspecified atom stereocenters. The minimum atomic E-state index is 0.607. The molecule has 0 aliphatic heterocycles. The summed E-state index contributed by atoms with van der Waals surface area (Å²) in [5.74, 6) is 1.86. The second-order valence-corrected chi connectivity index (χ2v) is 16.7. The molecule has 0 N–H and O–H groups in total. The second-order valence-electron chi connectivity index (χ2n) is 15.6. The molecule has 0 atom stereocenters. The van der Waals surface area contributed by atoms with Crippen LogP contribution in [0.3, 0.4) is 0 Å². The summed E-state index contributed by atoms with van der Waals surface area (Å²) in [5.41, 5.74) is 12.9. The first-order valence-corrected chi connectivity index (χ1v) is 21.7. The largest absolute Gasteiger partial charge is 0.309 e. The number of thiophene rings is 1. The van der Waals surface area contributed by atoms with Gasteiger partial charge in [0.15, 0.2) is 17.5 Å². The number of rotatable bonds is 7. The molecule has 0 bridgehead atoms. The predicted octanol–water partition coefficient (Wildman–Crippen LogP) is 15.3. The van der Waals surface area contributed by atoms with Crippen LogP contribution in [-0.2, 0) is 0 Å². The van der Waals surface area contributed by atoms with Crippen molar-refractivity contribution in [1.29, 1.82) is 0 Å². The quantitative estimate of drug-likeness (QED) is 0.161. The van der Waals surface area contributed by atoms with Crippen molar-refractivity contribution in [3.8, 4) is 73.2 Å². The van der Waals surface area contributed by atoms with Crippen LogP contribution in [-0.4, -0.2) is 19.5 Å². The van der Waals surface area contributed by atoms with Crippen molar-refractivity contribution in [2.45, 2.75) is 0 Å². The van der Waals surface area contributed by atoms with Gasteiger partial charge in [-0.05, 0) is 94.0 Å². The fourth-order valence-corrected chi connectivity index (χ4v) is 10.0. The Balaban J connectivity index is 1.17. The van der Waals surface area contributed by atoms with Crippen molar-refractivity contribution < 1.29 is 0 Å². The number of hydrogen-bond acceptors (Lipinski definition) is 4. The lowest BCUT2D eigenvalue weighted by Crippen LogP contribution is -2.02. The lowest BCUT2D eigenvalue weighted by Gasteiger charge is -2.16. The van der Waals surface area contributed by atoms with E-state index in [1.807, 2.05) is 47.7 Å². The lowest BCUT2D eigenvalue weighted by molar-refractivity contribution is 1.07. The Bertz CT molecular complexity index is 3350. The molecule has 62 heavy (non-hydrogen) atoms. The summed E-state index contributed by atoms with van der Waals surface area (Å²) < 4.78 is 5.01. The zero-order valence-corrected chi connectivity index (χ0v) is 34.3. The minimum absolute atomic E-state index is 0.607. The van der Waals surface area contributed by atoms with Crippen LogP contribution in [0.5, 0.6) is 0 Å². The van der Waals surface area contributed by atoms with Gasteiger partial charge >= 0.3 is 0 Å². The summed E-state index contributed by atoms with van der Waals surface area (Å²) in [4.78, 5) is 15.5. The van der Waals surface area contributed by atoms with Gasteiger partial charge in [0.05, 0.1) is 11.0 Å². The standard InChI is InChI=1S/C57H36N4S/c1-5-17-37(18-6-1)41-31-42(38-19-7-2-8-20-38)33-43(32-41)44-34-45(57-59-55(39-21-9-3-10-22-39)58-56(60-57)40-23-11-4-12-24-40)36-46(35-44)61-49-27-15-13-25-47(49)53-50(61)29-30-52-54(53)48-26-14-16-28-51(48)62-52/h1-36H. The molecular weight excluding hydrogens is 773 g/mol. The number of fused-ring (bicyclic) bond motifs is 7. The Morgan fingerprint density at radius 2 is 0.726 bits per heavy atom. The van der Waals surface area contributed by atoms with E-state index in [0.29, 0.717) is 17.5 Å². The van der Waals surface area contributed by atoms with Gasteiger partial charge in [-0.1, -0.05) is 158 Å². The first kappa shape index (κ1) is 35.9. The first-order chi connectivity index (χ1) is 30.7. The third kappa shape index (κ3) is 6.26. The van der Waals surface area contributed by atoms with E-state index in [-0.39, 0.29) is 0 Å². The summed E-state index contributed by atoms with van der Waals surface area (Å²) in [6.45, 7) is 0. The van der Waals surface area contributed by atoms with Gasteiger partial charge in [-0.3, -0.25) is 0 Å². The Hall–Kier alpha value is -7.99. The van der Waals surface area contributed by atoms with E-state index < -0.39 is 0 Å². The molecular formula is C57H36N4S. The van der Waals surface area contributed by atoms with Crippen molar-refractivity contribution in [3.63, 3.8) is 0 Å². The van der Waals surface area contributed by atoms with Crippen molar-refractivity contribution in [2.75, 3.05) is 0 Å². The molecule has 12 rings (SSSR count). The first-order valence-electron chi connectivity index (χ1n) is 20.8. The average Bonchev–Trinajstić information content (AvgIpc) is 3.90. The van der Waals surface area contributed by atoms with Crippen LogP contribution >= 0.6 is 11.3 Å². The van der Waals surface area contributed by atoms with Gasteiger partial charge in [-0.15, -0.1) is 11.3 Å². The van der Waals surface area contributed by atoms with Crippen molar-refractivity contribution >= 4 is 53.3 Å². The van der Waals surface area contributed by atoms with E-state index in [9.17, 15) is 0 Å². The molecule has 3 aromatic heterocycles. The van der Waals surface area contributed by atoms with Gasteiger partial charge in [0, 0.05) is 53.3 Å². The highest BCUT2D eigenvalue weighted by molar-refractivity contribution is 7.26. The normalized spacial score (nSPS) is 11.5. The Morgan fingerprint density at radius 1 is 0.290 bits per heavy atom. The fourth-order valence-electron chi connectivity index (χ4n) is 8.92. The third-order valence-electron chi connectivity index (χ3n) is 11.8. The van der Waals surface area contributed by atoms with Gasteiger partial charge in [0.25, 0.3) is 0 Å². The molecule has 0 amide bonds. The van der Waals surface area contributed by atoms with Gasteiger partial charge in [0.1, 0.15) is 0 Å². The SMILES string of the molecule is c1ccc(-c2cc(-c3ccccc3)cc(-c3cc(-c4nc(-c5ccccc5)nc(-c5ccccc5)n4)cc(-n4c5ccccc5c5c6c(ccc54)sc4ccccc46)c3)c2)cc1. The van der Waals surface area contributed by atoms with E-state index in [1.54, 1.807) is 0 Å². The molecule has 290 valence electrons. The number of nitrogens with zero attached hydrogens (tertiary/aromatic N) is 4. The van der Waals surface area contributed by atoms with Gasteiger partial charge < -0.3 is 4.57 Å². The van der Waals surface area contributed by atoms with Gasteiger partial charge in [0.2, 0.25) is 0 Å². The molecule has 0 saturated heterocycles. The van der Waals surface area contributed by atoms with Crippen LogP contribution in [0.1, 0.15) is 0 Å². The van der Waals surface area contributed by atoms with E-state index >= 15 is 0 Å². The van der Waals surface area contributed by atoms with Crippen molar-refractivity contribution in [3.05, 3.63) is 218 Å². The summed E-state index contributed by atoms with van der Waals surface area (Å²) in [6.07, 6.45) is 0. The topological polar surface area (TPSA) is 43.6 Å². The highest BCUT2D eigenvalue weighted by Crippen LogP contribution is 2.44. The van der Waals surface area contributed by atoms with Gasteiger partial charge in [-0.2, -0.15) is 0 Å². The maximum atomic E-state index is 5.25. The predicted molar refractivity (Wildman–Crippen MR) is 260 cm³/mol. The fraction of sp³-hybridized carbons (Fsp3) is 0. The van der Waals surface area contributed by atoms with Gasteiger partial charge in [-0.25, -0.2) is 15.0 Å². The molecule has 4 nitrogen and oxygen atoms in total. The van der Waals surface area contributed by atoms with Crippen LogP contribution in [0.4, 0.5) is 0 Å². The molecule has 5 heteroatoms. The molecule has 12 aromatic rings. The zero-order chi connectivity index (χ0) is 41.0. The lowest BCUT2D eigenvalue weighted by atomic mass is 9.92.